The van der Waals surface area contributed by atoms with Gasteiger partial charge in [-0.2, -0.15) is 0 Å². The number of rotatable bonds is 6. The Bertz CT molecular complexity index is 1140. The highest BCUT2D eigenvalue weighted by Gasteiger charge is 2.47. The van der Waals surface area contributed by atoms with Gasteiger partial charge in [-0.3, -0.25) is 4.79 Å². The Balaban J connectivity index is 1.24. The van der Waals surface area contributed by atoms with E-state index in [1.807, 2.05) is 30.3 Å². The van der Waals surface area contributed by atoms with Crippen LogP contribution in [0.3, 0.4) is 0 Å². The minimum Gasteiger partial charge on any atom is -0.493 e. The number of benzene rings is 2. The van der Waals surface area contributed by atoms with Crippen molar-refractivity contribution in [3.05, 3.63) is 58.6 Å². The first kappa shape index (κ1) is 24.9. The number of oxime groups is 1. The van der Waals surface area contributed by atoms with Crippen LogP contribution in [0.1, 0.15) is 63.0 Å². The molecule has 1 atom stereocenters. The molecule has 1 N–H and O–H groups in total. The van der Waals surface area contributed by atoms with Gasteiger partial charge in [0.25, 0.3) is 5.91 Å². The van der Waals surface area contributed by atoms with Crippen LogP contribution in [0.2, 0.25) is 5.02 Å². The lowest BCUT2D eigenvalue weighted by atomic mass is 9.83. The number of methoxy groups -OCH3 is 1. The van der Waals surface area contributed by atoms with Crippen molar-refractivity contribution in [3.63, 3.8) is 0 Å². The Hall–Kier alpha value is -2.77. The first-order valence-electron chi connectivity index (χ1n) is 12.7. The highest BCUT2D eigenvalue weighted by molar-refractivity contribution is 6.30. The second kappa shape index (κ2) is 9.94. The van der Waals surface area contributed by atoms with Crippen LogP contribution in [0.15, 0.2) is 47.6 Å². The standard InChI is InChI=1S/C28H33ClN2O5/c1-27(26(32)31-15-13-28(33,14-16-31)20-8-10-21(29)11-9-20)18-23(30-36-27)19-7-12-24(34-2)25(17-19)35-22-5-3-4-6-22/h7-12,17,22,33H,3-6,13-16,18H2,1-2H3. The number of amides is 1. The lowest BCUT2D eigenvalue weighted by Crippen LogP contribution is -2.52. The Morgan fingerprint density at radius 2 is 1.81 bits per heavy atom. The van der Waals surface area contributed by atoms with Gasteiger partial charge in [0.2, 0.25) is 5.60 Å². The molecule has 0 aromatic heterocycles. The first-order chi connectivity index (χ1) is 17.3. The second-order valence-electron chi connectivity index (χ2n) is 10.3. The Kier molecular flexibility index (Phi) is 6.88. The van der Waals surface area contributed by atoms with E-state index in [1.165, 1.54) is 12.8 Å². The van der Waals surface area contributed by atoms with E-state index < -0.39 is 11.2 Å². The van der Waals surface area contributed by atoms with Crippen LogP contribution in [0.25, 0.3) is 0 Å². The number of carbonyl (C=O) groups is 1. The molecule has 2 aliphatic heterocycles. The number of piperidine rings is 1. The molecule has 2 heterocycles. The molecular formula is C28H33ClN2O5. The summed E-state index contributed by atoms with van der Waals surface area (Å²) in [6.07, 6.45) is 5.92. The van der Waals surface area contributed by atoms with Crippen molar-refractivity contribution in [2.24, 2.45) is 5.16 Å². The summed E-state index contributed by atoms with van der Waals surface area (Å²) in [5.41, 5.74) is 0.329. The zero-order chi connectivity index (χ0) is 25.3. The maximum atomic E-state index is 13.5. The van der Waals surface area contributed by atoms with Gasteiger partial charge in [0, 0.05) is 30.1 Å². The van der Waals surface area contributed by atoms with E-state index in [1.54, 1.807) is 31.1 Å². The van der Waals surface area contributed by atoms with Gasteiger partial charge >= 0.3 is 0 Å². The number of likely N-dealkylation sites (tertiary alicyclic amines) is 1. The fraction of sp³-hybridized carbons (Fsp3) is 0.500. The van der Waals surface area contributed by atoms with Gasteiger partial charge in [-0.15, -0.1) is 0 Å². The molecule has 2 fully saturated rings. The summed E-state index contributed by atoms with van der Waals surface area (Å²) in [4.78, 5) is 21.0. The lowest BCUT2D eigenvalue weighted by Gasteiger charge is -2.40. The monoisotopic (exact) mass is 512 g/mol. The van der Waals surface area contributed by atoms with Crippen LogP contribution < -0.4 is 9.47 Å². The Morgan fingerprint density at radius 3 is 2.47 bits per heavy atom. The SMILES string of the molecule is COc1ccc(C2=NOC(C)(C(=O)N3CCC(O)(c4ccc(Cl)cc4)CC3)C2)cc1OC1CCCC1. The number of ether oxygens (including phenoxy) is 2. The summed E-state index contributed by atoms with van der Waals surface area (Å²) in [7, 11) is 1.63. The van der Waals surface area contributed by atoms with E-state index >= 15 is 0 Å². The number of carbonyl (C=O) groups excluding carboxylic acids is 1. The minimum absolute atomic E-state index is 0.115. The zero-order valence-electron chi connectivity index (χ0n) is 20.8. The average molecular weight is 513 g/mol. The van der Waals surface area contributed by atoms with E-state index in [0.29, 0.717) is 54.6 Å². The zero-order valence-corrected chi connectivity index (χ0v) is 21.6. The van der Waals surface area contributed by atoms with Crippen LogP contribution >= 0.6 is 11.6 Å². The average Bonchev–Trinajstić information content (AvgIpc) is 3.55. The third-order valence-electron chi connectivity index (χ3n) is 7.67. The first-order valence-corrected chi connectivity index (χ1v) is 13.1. The van der Waals surface area contributed by atoms with Gasteiger partial charge in [0.05, 0.1) is 24.5 Å². The van der Waals surface area contributed by atoms with Crippen LogP contribution in [-0.4, -0.2) is 53.5 Å². The predicted octanol–water partition coefficient (Wildman–Crippen LogP) is 5.06. The molecule has 0 radical (unpaired) electrons. The quantitative estimate of drug-likeness (QED) is 0.585. The van der Waals surface area contributed by atoms with E-state index in [9.17, 15) is 9.90 Å². The normalized spacial score (nSPS) is 23.8. The molecule has 2 aromatic carbocycles. The van der Waals surface area contributed by atoms with E-state index in [0.717, 1.165) is 24.0 Å². The minimum atomic E-state index is -1.09. The number of nitrogens with zero attached hydrogens (tertiary/aromatic N) is 2. The van der Waals surface area contributed by atoms with Gasteiger partial charge in [-0.1, -0.05) is 28.9 Å². The number of aliphatic hydroxyl groups is 1. The Labute approximate surface area is 217 Å². The molecule has 0 bridgehead atoms. The summed E-state index contributed by atoms with van der Waals surface area (Å²) < 4.78 is 11.7. The highest BCUT2D eigenvalue weighted by atomic mass is 35.5. The van der Waals surface area contributed by atoms with E-state index in [-0.39, 0.29) is 12.0 Å². The fourth-order valence-corrected chi connectivity index (χ4v) is 5.53. The maximum Gasteiger partial charge on any atom is 0.269 e. The topological polar surface area (TPSA) is 80.6 Å². The molecule has 0 spiro atoms. The van der Waals surface area contributed by atoms with Gasteiger partial charge in [-0.05, 0) is 81.3 Å². The largest absolute Gasteiger partial charge is 0.493 e. The third-order valence-corrected chi connectivity index (χ3v) is 7.92. The number of halogens is 1. The molecule has 192 valence electrons. The van der Waals surface area contributed by atoms with Crippen molar-refractivity contribution in [1.82, 2.24) is 4.90 Å². The van der Waals surface area contributed by atoms with Crippen molar-refractivity contribution in [2.75, 3.05) is 20.2 Å². The number of hydrogen-bond donors (Lipinski definition) is 1. The van der Waals surface area contributed by atoms with Crippen LogP contribution in [0.5, 0.6) is 11.5 Å². The molecule has 5 rings (SSSR count). The molecule has 7 nitrogen and oxygen atoms in total. The van der Waals surface area contributed by atoms with Crippen LogP contribution in [0.4, 0.5) is 0 Å². The molecular weight excluding hydrogens is 480 g/mol. The summed E-state index contributed by atoms with van der Waals surface area (Å²) in [6.45, 7) is 2.66. The van der Waals surface area contributed by atoms with Crippen molar-refractivity contribution in [3.8, 4) is 11.5 Å². The molecule has 1 saturated heterocycles. The molecule has 8 heteroatoms. The number of hydrogen-bond acceptors (Lipinski definition) is 6. The van der Waals surface area contributed by atoms with Gasteiger partial charge in [0.1, 0.15) is 0 Å². The third kappa shape index (κ3) is 4.91. The predicted molar refractivity (Wildman–Crippen MR) is 138 cm³/mol. The van der Waals surface area contributed by atoms with Crippen molar-refractivity contribution >= 4 is 23.2 Å². The van der Waals surface area contributed by atoms with E-state index in [4.69, 9.17) is 25.9 Å². The van der Waals surface area contributed by atoms with Crippen molar-refractivity contribution in [2.45, 2.75) is 69.2 Å². The van der Waals surface area contributed by atoms with E-state index in [2.05, 4.69) is 5.16 Å². The molecule has 1 amide bonds. The molecule has 2 aromatic rings. The molecule has 3 aliphatic rings. The van der Waals surface area contributed by atoms with Gasteiger partial charge < -0.3 is 24.3 Å². The van der Waals surface area contributed by atoms with Gasteiger partial charge in [-0.25, -0.2) is 0 Å². The summed E-state index contributed by atoms with van der Waals surface area (Å²) in [6, 6.07) is 13.0. The lowest BCUT2D eigenvalue weighted by molar-refractivity contribution is -0.157. The van der Waals surface area contributed by atoms with Crippen LogP contribution in [0, 0.1) is 0 Å². The fourth-order valence-electron chi connectivity index (χ4n) is 5.41. The van der Waals surface area contributed by atoms with Crippen molar-refractivity contribution < 1.29 is 24.2 Å². The Morgan fingerprint density at radius 1 is 1.11 bits per heavy atom. The molecule has 1 aliphatic carbocycles. The summed E-state index contributed by atoms with van der Waals surface area (Å²) >= 11 is 5.99. The molecule has 1 saturated carbocycles. The molecule has 1 unspecified atom stereocenters. The molecule has 36 heavy (non-hydrogen) atoms. The van der Waals surface area contributed by atoms with Crippen molar-refractivity contribution in [1.29, 1.82) is 0 Å². The smallest absolute Gasteiger partial charge is 0.269 e. The second-order valence-corrected chi connectivity index (χ2v) is 10.7. The summed E-state index contributed by atoms with van der Waals surface area (Å²) in [5.74, 6) is 1.27. The van der Waals surface area contributed by atoms with Gasteiger partial charge in [0.15, 0.2) is 11.5 Å². The van der Waals surface area contributed by atoms with Crippen LogP contribution in [-0.2, 0) is 15.2 Å². The summed E-state index contributed by atoms with van der Waals surface area (Å²) in [5, 5.41) is 16.1. The maximum absolute atomic E-state index is 13.5. The highest BCUT2D eigenvalue weighted by Crippen LogP contribution is 2.38.